The van der Waals surface area contributed by atoms with Gasteiger partial charge in [0.15, 0.2) is 5.96 Å². The zero-order valence-corrected chi connectivity index (χ0v) is 11.8. The number of carbonyl (C=O) groups excluding carboxylic acids is 1. The third-order valence-corrected chi connectivity index (χ3v) is 3.11. The molecule has 2 aromatic rings. The van der Waals surface area contributed by atoms with Gasteiger partial charge < -0.3 is 21.2 Å². The molecule has 0 atom stereocenters. The Morgan fingerprint density at radius 2 is 2.19 bits per heavy atom. The van der Waals surface area contributed by atoms with Gasteiger partial charge in [0.25, 0.3) is 5.91 Å². The summed E-state index contributed by atoms with van der Waals surface area (Å²) in [4.78, 5) is 16.2. The summed E-state index contributed by atoms with van der Waals surface area (Å²) in [5.41, 5.74) is 11.9. The van der Waals surface area contributed by atoms with Gasteiger partial charge in [-0.1, -0.05) is 0 Å². The molecule has 1 aromatic heterocycles. The average Bonchev–Trinajstić information content (AvgIpc) is 2.89. The fraction of sp³-hybridized carbons (Fsp3) is 0.286. The SMILES string of the molecule is CN(C(=N)N)C(=O)c1cc2ccc(OCCCN)cc2[nH]1. The highest BCUT2D eigenvalue weighted by Gasteiger charge is 2.16. The topological polar surface area (TPSA) is 121 Å². The number of aromatic nitrogens is 1. The van der Waals surface area contributed by atoms with Crippen molar-refractivity contribution in [3.8, 4) is 5.75 Å². The number of nitrogens with two attached hydrogens (primary N) is 2. The van der Waals surface area contributed by atoms with Crippen molar-refractivity contribution in [2.24, 2.45) is 11.5 Å². The van der Waals surface area contributed by atoms with E-state index >= 15 is 0 Å². The summed E-state index contributed by atoms with van der Waals surface area (Å²) in [6, 6.07) is 7.26. The van der Waals surface area contributed by atoms with Crippen LogP contribution in [0.4, 0.5) is 0 Å². The van der Waals surface area contributed by atoms with E-state index in [0.717, 1.165) is 28.0 Å². The van der Waals surface area contributed by atoms with Crippen LogP contribution < -0.4 is 16.2 Å². The molecule has 0 saturated heterocycles. The van der Waals surface area contributed by atoms with Gasteiger partial charge in [0.05, 0.1) is 6.61 Å². The fourth-order valence-corrected chi connectivity index (χ4v) is 1.87. The van der Waals surface area contributed by atoms with Crippen LogP contribution in [0.5, 0.6) is 5.75 Å². The Balaban J connectivity index is 2.21. The van der Waals surface area contributed by atoms with Crippen molar-refractivity contribution < 1.29 is 9.53 Å². The van der Waals surface area contributed by atoms with Crippen LogP contribution >= 0.6 is 0 Å². The van der Waals surface area contributed by atoms with E-state index < -0.39 is 0 Å². The minimum atomic E-state index is -0.357. The number of fused-ring (bicyclic) bond motifs is 1. The Morgan fingerprint density at radius 1 is 1.43 bits per heavy atom. The number of hydrogen-bond acceptors (Lipinski definition) is 4. The molecule has 0 fully saturated rings. The first-order chi connectivity index (χ1) is 10.0. The first-order valence-corrected chi connectivity index (χ1v) is 6.60. The lowest BCUT2D eigenvalue weighted by molar-refractivity contribution is 0.0864. The first-order valence-electron chi connectivity index (χ1n) is 6.60. The van der Waals surface area contributed by atoms with Gasteiger partial charge in [-0.15, -0.1) is 0 Å². The molecule has 21 heavy (non-hydrogen) atoms. The van der Waals surface area contributed by atoms with E-state index in [0.29, 0.717) is 18.8 Å². The summed E-state index contributed by atoms with van der Waals surface area (Å²) in [6.07, 6.45) is 0.788. The number of guanidine groups is 1. The van der Waals surface area contributed by atoms with Crippen LogP contribution in [0.3, 0.4) is 0 Å². The third-order valence-electron chi connectivity index (χ3n) is 3.11. The highest BCUT2D eigenvalue weighted by Crippen LogP contribution is 2.22. The van der Waals surface area contributed by atoms with Crippen LogP contribution in [0.1, 0.15) is 16.9 Å². The van der Waals surface area contributed by atoms with Gasteiger partial charge in [0.2, 0.25) is 0 Å². The van der Waals surface area contributed by atoms with Gasteiger partial charge in [0.1, 0.15) is 11.4 Å². The molecule has 0 radical (unpaired) electrons. The maximum absolute atomic E-state index is 12.1. The Bertz CT molecular complexity index is 664. The standard InChI is InChI=1S/C14H19N5O2/c1-19(14(16)17)13(20)12-7-9-3-4-10(8-11(9)18-12)21-6-2-5-15/h3-4,7-8,18H,2,5-6,15H2,1H3,(H3,16,17). The van der Waals surface area contributed by atoms with Crippen LogP contribution in [0.15, 0.2) is 24.3 Å². The van der Waals surface area contributed by atoms with Gasteiger partial charge in [-0.3, -0.25) is 15.1 Å². The van der Waals surface area contributed by atoms with Gasteiger partial charge in [-0.05, 0) is 31.2 Å². The number of hydrogen-bond donors (Lipinski definition) is 4. The number of nitrogens with one attached hydrogen (secondary N) is 2. The molecule has 0 aliphatic rings. The zero-order valence-electron chi connectivity index (χ0n) is 11.8. The smallest absolute Gasteiger partial charge is 0.276 e. The molecule has 6 N–H and O–H groups in total. The van der Waals surface area contributed by atoms with E-state index in [1.807, 2.05) is 18.2 Å². The maximum atomic E-state index is 12.1. The van der Waals surface area contributed by atoms with E-state index in [9.17, 15) is 4.79 Å². The second-order valence-electron chi connectivity index (χ2n) is 4.67. The summed E-state index contributed by atoms with van der Waals surface area (Å²) >= 11 is 0. The van der Waals surface area contributed by atoms with E-state index in [2.05, 4.69) is 4.98 Å². The van der Waals surface area contributed by atoms with Crippen molar-refractivity contribution in [1.29, 1.82) is 5.41 Å². The Kier molecular flexibility index (Phi) is 4.44. The number of amides is 1. The van der Waals surface area contributed by atoms with Gasteiger partial charge in [-0.2, -0.15) is 0 Å². The van der Waals surface area contributed by atoms with Crippen molar-refractivity contribution in [2.45, 2.75) is 6.42 Å². The molecule has 1 heterocycles. The molecule has 0 aliphatic carbocycles. The van der Waals surface area contributed by atoms with Crippen molar-refractivity contribution >= 4 is 22.8 Å². The molecule has 0 aliphatic heterocycles. The number of nitrogens with zero attached hydrogens (tertiary/aromatic N) is 1. The molecule has 1 amide bonds. The maximum Gasteiger partial charge on any atom is 0.276 e. The van der Waals surface area contributed by atoms with Gasteiger partial charge >= 0.3 is 0 Å². The van der Waals surface area contributed by atoms with Crippen LogP contribution in [0.25, 0.3) is 10.9 Å². The molecule has 2 rings (SSSR count). The number of carbonyl (C=O) groups is 1. The van der Waals surface area contributed by atoms with E-state index in [1.165, 1.54) is 7.05 Å². The summed E-state index contributed by atoms with van der Waals surface area (Å²) < 4.78 is 5.56. The van der Waals surface area contributed by atoms with Crippen molar-refractivity contribution in [1.82, 2.24) is 9.88 Å². The minimum Gasteiger partial charge on any atom is -0.493 e. The van der Waals surface area contributed by atoms with E-state index in [-0.39, 0.29) is 11.9 Å². The normalized spacial score (nSPS) is 10.6. The van der Waals surface area contributed by atoms with Gasteiger partial charge in [0, 0.05) is 24.0 Å². The fourth-order valence-electron chi connectivity index (χ4n) is 1.87. The molecule has 7 nitrogen and oxygen atoms in total. The molecule has 1 aromatic carbocycles. The molecule has 0 unspecified atom stereocenters. The zero-order chi connectivity index (χ0) is 15.4. The Labute approximate surface area is 122 Å². The Morgan fingerprint density at radius 3 is 2.86 bits per heavy atom. The second kappa shape index (κ2) is 6.27. The second-order valence-corrected chi connectivity index (χ2v) is 4.67. The largest absolute Gasteiger partial charge is 0.493 e. The van der Waals surface area contributed by atoms with Crippen molar-refractivity contribution in [2.75, 3.05) is 20.2 Å². The molecular formula is C14H19N5O2. The molecule has 0 spiro atoms. The minimum absolute atomic E-state index is 0.301. The van der Waals surface area contributed by atoms with Crippen LogP contribution in [0.2, 0.25) is 0 Å². The van der Waals surface area contributed by atoms with Crippen LogP contribution in [0, 0.1) is 5.41 Å². The van der Waals surface area contributed by atoms with Crippen LogP contribution in [-0.4, -0.2) is 41.9 Å². The number of rotatable bonds is 5. The number of H-pyrrole nitrogens is 1. The predicted octanol–water partition coefficient (Wildman–Crippen LogP) is 0.861. The van der Waals surface area contributed by atoms with Crippen molar-refractivity contribution in [3.63, 3.8) is 0 Å². The number of ether oxygens (including phenoxy) is 1. The van der Waals surface area contributed by atoms with Crippen molar-refractivity contribution in [3.05, 3.63) is 30.0 Å². The lowest BCUT2D eigenvalue weighted by Gasteiger charge is -2.12. The highest BCUT2D eigenvalue weighted by molar-refractivity contribution is 6.05. The predicted molar refractivity (Wildman–Crippen MR) is 81.5 cm³/mol. The molecule has 112 valence electrons. The van der Waals surface area contributed by atoms with E-state index in [4.69, 9.17) is 21.6 Å². The summed E-state index contributed by atoms with van der Waals surface area (Å²) in [5, 5.41) is 8.17. The molecule has 0 saturated carbocycles. The van der Waals surface area contributed by atoms with Gasteiger partial charge in [-0.25, -0.2) is 0 Å². The summed E-state index contributed by atoms with van der Waals surface area (Å²) in [6.45, 7) is 1.14. The van der Waals surface area contributed by atoms with E-state index in [1.54, 1.807) is 6.07 Å². The van der Waals surface area contributed by atoms with Crippen LogP contribution in [-0.2, 0) is 0 Å². The first kappa shape index (κ1) is 14.9. The lowest BCUT2D eigenvalue weighted by atomic mass is 10.2. The molecule has 0 bridgehead atoms. The monoisotopic (exact) mass is 289 g/mol. The molecule has 7 heteroatoms. The number of aromatic amines is 1. The average molecular weight is 289 g/mol. The highest BCUT2D eigenvalue weighted by atomic mass is 16.5. The Hall–Kier alpha value is -2.54. The third kappa shape index (κ3) is 3.32. The quantitative estimate of drug-likeness (QED) is 0.370. The molecular weight excluding hydrogens is 270 g/mol. The lowest BCUT2D eigenvalue weighted by Crippen LogP contribution is -2.38. The summed E-state index contributed by atoms with van der Waals surface area (Å²) in [7, 11) is 1.46. The number of benzene rings is 1. The summed E-state index contributed by atoms with van der Waals surface area (Å²) in [5.74, 6) is 0.0606.